The van der Waals surface area contributed by atoms with E-state index in [0.717, 1.165) is 21.5 Å². The number of nitrogens with zero attached hydrogens (tertiary/aromatic N) is 4. The number of imidazole rings is 1. The van der Waals surface area contributed by atoms with E-state index in [4.69, 9.17) is 23.9 Å². The number of morpholine rings is 1. The van der Waals surface area contributed by atoms with Crippen molar-refractivity contribution < 1.29 is 43.2 Å². The lowest BCUT2D eigenvalue weighted by Crippen LogP contribution is -2.55. The number of carbonyl (C=O) groups excluding carboxylic acids is 4. The van der Waals surface area contributed by atoms with Crippen molar-refractivity contribution in [3.8, 4) is 17.6 Å². The molecule has 1 aromatic heterocycles. The topological polar surface area (TPSA) is 176 Å². The molecule has 4 heterocycles. The van der Waals surface area contributed by atoms with Crippen molar-refractivity contribution in [2.75, 3.05) is 52.0 Å². The maximum atomic E-state index is 16.6. The molecule has 3 aliphatic heterocycles. The van der Waals surface area contributed by atoms with Crippen molar-refractivity contribution in [1.29, 1.82) is 0 Å². The summed E-state index contributed by atoms with van der Waals surface area (Å²) in [4.78, 5) is 75.7. The van der Waals surface area contributed by atoms with Crippen molar-refractivity contribution in [2.45, 2.75) is 42.7 Å². The maximum absolute atomic E-state index is 16.6. The number of nitrogens with one attached hydrogen (secondary N) is 2. The van der Waals surface area contributed by atoms with E-state index in [2.05, 4.69) is 39.2 Å². The van der Waals surface area contributed by atoms with Crippen LogP contribution in [0.1, 0.15) is 57.4 Å². The van der Waals surface area contributed by atoms with Gasteiger partial charge in [0.2, 0.25) is 11.8 Å². The highest BCUT2D eigenvalue weighted by atomic mass is 16.6. The van der Waals surface area contributed by atoms with Crippen molar-refractivity contribution >= 4 is 40.6 Å². The number of cyclic esters (lactones) is 1. The second-order valence-corrected chi connectivity index (χ2v) is 18.2. The molecule has 0 aliphatic carbocycles. The first kappa shape index (κ1) is 48.5. The number of imide groups is 1. The summed E-state index contributed by atoms with van der Waals surface area (Å²) in [6.07, 6.45) is -1.95. The molecular formula is C58H54N6O9. The lowest BCUT2D eigenvalue weighted by atomic mass is 9.65. The Balaban J connectivity index is 1.22. The molecule has 15 nitrogen and oxygen atoms in total. The highest BCUT2D eigenvalue weighted by Gasteiger charge is 2.76. The molecule has 3 aliphatic rings. The number of aromatic nitrogens is 2. The first-order chi connectivity index (χ1) is 35.7. The quantitative estimate of drug-likeness (QED) is 0.0537. The largest absolute Gasteiger partial charge is 0.491 e. The molecule has 3 N–H and O–H groups in total. The van der Waals surface area contributed by atoms with Gasteiger partial charge in [0.15, 0.2) is 0 Å². The number of aromatic amines is 1. The SMILES string of the molecule is COCCOC(=O)N1C(=O)[C@@]2(c3cc(C#CCN(C)Cc4ccccc4)ccc31)[C@H](C(=O)NCc1nc3ccccc3[nH]1)[C@H]1C(=O)O[C@H](c3ccccc3)[C@H](c3ccccc3)N1[C@@H]2c1ccccc1OCCO. The maximum Gasteiger partial charge on any atom is 0.421 e. The van der Waals surface area contributed by atoms with Gasteiger partial charge in [0.25, 0.3) is 0 Å². The number of benzene rings is 6. The zero-order chi connectivity index (χ0) is 50.5. The average Bonchev–Trinajstić information content (AvgIpc) is 4.06. The van der Waals surface area contributed by atoms with E-state index in [0.29, 0.717) is 41.1 Å². The number of aliphatic hydroxyl groups excluding tert-OH is 1. The summed E-state index contributed by atoms with van der Waals surface area (Å²) in [5, 5.41) is 13.2. The average molecular weight is 979 g/mol. The molecule has 0 saturated carbocycles. The van der Waals surface area contributed by atoms with Crippen LogP contribution in [0.4, 0.5) is 10.5 Å². The van der Waals surface area contributed by atoms with Gasteiger partial charge in [-0.25, -0.2) is 14.7 Å². The van der Waals surface area contributed by atoms with Crippen LogP contribution in [0.2, 0.25) is 0 Å². The van der Waals surface area contributed by atoms with Gasteiger partial charge in [-0.2, -0.15) is 0 Å². The number of para-hydroxylation sites is 3. The number of ether oxygens (including phenoxy) is 4. The van der Waals surface area contributed by atoms with Crippen molar-refractivity contribution in [3.05, 3.63) is 197 Å². The zero-order valence-electron chi connectivity index (χ0n) is 40.3. The van der Waals surface area contributed by atoms with Crippen LogP contribution in [0.5, 0.6) is 5.75 Å². The summed E-state index contributed by atoms with van der Waals surface area (Å²) in [5.74, 6) is 3.49. The summed E-state index contributed by atoms with van der Waals surface area (Å²) in [6.45, 7) is 0.361. The smallest absolute Gasteiger partial charge is 0.421 e. The van der Waals surface area contributed by atoms with Crippen molar-refractivity contribution in [3.63, 3.8) is 0 Å². The number of fused-ring (bicyclic) bond motifs is 4. The molecule has 6 aromatic carbocycles. The van der Waals surface area contributed by atoms with Crippen LogP contribution in [-0.4, -0.2) is 102 Å². The van der Waals surface area contributed by atoms with Crippen LogP contribution in [0.15, 0.2) is 158 Å². The molecule has 0 radical (unpaired) electrons. The van der Waals surface area contributed by atoms with E-state index in [-0.39, 0.29) is 50.0 Å². The number of rotatable bonds is 15. The van der Waals surface area contributed by atoms with Gasteiger partial charge in [0, 0.05) is 24.8 Å². The lowest BCUT2D eigenvalue weighted by molar-refractivity contribution is -0.178. The molecule has 3 amide bonds. The summed E-state index contributed by atoms with van der Waals surface area (Å²) in [6, 6.07) is 45.0. The summed E-state index contributed by atoms with van der Waals surface area (Å²) >= 11 is 0. The molecule has 0 unspecified atom stereocenters. The summed E-state index contributed by atoms with van der Waals surface area (Å²) < 4.78 is 23.9. The van der Waals surface area contributed by atoms with Gasteiger partial charge in [-0.3, -0.25) is 24.2 Å². The number of amides is 3. The van der Waals surface area contributed by atoms with Crippen LogP contribution in [0.25, 0.3) is 11.0 Å². The van der Waals surface area contributed by atoms with E-state index in [1.165, 1.54) is 7.11 Å². The molecule has 73 heavy (non-hydrogen) atoms. The highest BCUT2D eigenvalue weighted by molar-refractivity contribution is 6.23. The predicted octanol–water partition coefficient (Wildman–Crippen LogP) is 7.18. The summed E-state index contributed by atoms with van der Waals surface area (Å²) in [7, 11) is 3.44. The third-order valence-electron chi connectivity index (χ3n) is 13.7. The van der Waals surface area contributed by atoms with Gasteiger partial charge in [-0.05, 0) is 65.7 Å². The molecule has 7 aromatic rings. The minimum Gasteiger partial charge on any atom is -0.491 e. The fourth-order valence-electron chi connectivity index (χ4n) is 10.8. The van der Waals surface area contributed by atoms with E-state index < -0.39 is 59.4 Å². The molecule has 10 rings (SSSR count). The van der Waals surface area contributed by atoms with Crippen molar-refractivity contribution in [2.24, 2.45) is 5.92 Å². The molecule has 1 spiro atoms. The fourth-order valence-corrected chi connectivity index (χ4v) is 10.8. The normalized spacial score (nSPS) is 21.1. The van der Waals surface area contributed by atoms with Gasteiger partial charge in [-0.1, -0.05) is 133 Å². The molecule has 15 heteroatoms. The van der Waals surface area contributed by atoms with Gasteiger partial charge >= 0.3 is 12.1 Å². The fraction of sp³-hybridized carbons (Fsp3) is 0.259. The molecule has 6 atom stereocenters. The Morgan fingerprint density at radius 1 is 0.836 bits per heavy atom. The van der Waals surface area contributed by atoms with Crippen LogP contribution < -0.4 is 15.0 Å². The van der Waals surface area contributed by atoms with Gasteiger partial charge in [0.1, 0.15) is 42.3 Å². The van der Waals surface area contributed by atoms with E-state index in [9.17, 15) is 9.90 Å². The van der Waals surface area contributed by atoms with E-state index in [1.807, 2.05) is 115 Å². The highest BCUT2D eigenvalue weighted by Crippen LogP contribution is 2.66. The third kappa shape index (κ3) is 9.22. The Bertz CT molecular complexity index is 3160. The number of anilines is 1. The van der Waals surface area contributed by atoms with E-state index >= 15 is 14.4 Å². The van der Waals surface area contributed by atoms with Crippen molar-refractivity contribution in [1.82, 2.24) is 25.1 Å². The van der Waals surface area contributed by atoms with Crippen LogP contribution in [0, 0.1) is 17.8 Å². The zero-order valence-corrected chi connectivity index (χ0v) is 40.3. The molecule has 370 valence electrons. The monoisotopic (exact) mass is 978 g/mol. The number of carbonyl (C=O) groups is 4. The Hall–Kier alpha value is -8.13. The molecule has 0 bridgehead atoms. The van der Waals surface area contributed by atoms with Gasteiger partial charge in [0.05, 0.1) is 61.0 Å². The standard InChI is InChI=1S/C58H54N6O9/c1-62(37-39-17-6-3-7-18-39)30-16-19-38-28-29-46-43(35-38)58(56(68)63(46)57(69)72-34-33-70-2)49(54(66)59-36-48-60-44-25-13-14-26-45(44)61-48)51-55(67)73-52(41-22-10-5-11-23-41)50(40-20-8-4-9-21-40)64(51)53(58)42-24-12-15-27-47(42)71-32-31-65/h3-15,17-18,20-29,35,49-53,65H,30-34,36-37H2,1-2H3,(H,59,66)(H,60,61)/t49-,50-,51-,52+,53+,58-/m0/s1. The Morgan fingerprint density at radius 3 is 2.27 bits per heavy atom. The molecular weight excluding hydrogens is 925 g/mol. The van der Waals surface area contributed by atoms with Gasteiger partial charge in [-0.15, -0.1) is 0 Å². The minimum atomic E-state index is -2.11. The Morgan fingerprint density at radius 2 is 1.53 bits per heavy atom. The third-order valence-corrected chi connectivity index (χ3v) is 13.7. The summed E-state index contributed by atoms with van der Waals surface area (Å²) in [5.41, 5.74) is 3.19. The molecule has 2 fully saturated rings. The number of hydrogen-bond acceptors (Lipinski definition) is 12. The van der Waals surface area contributed by atoms with Crippen LogP contribution in [-0.2, 0) is 47.1 Å². The second-order valence-electron chi connectivity index (χ2n) is 18.2. The van der Waals surface area contributed by atoms with Gasteiger partial charge < -0.3 is 34.4 Å². The Kier molecular flexibility index (Phi) is 14.1. The van der Waals surface area contributed by atoms with E-state index in [1.54, 1.807) is 42.5 Å². The van der Waals surface area contributed by atoms with Crippen LogP contribution >= 0.6 is 0 Å². The number of H-pyrrole nitrogens is 1. The second kappa shape index (κ2) is 21.3. The van der Waals surface area contributed by atoms with Crippen LogP contribution in [0.3, 0.4) is 0 Å². The Labute approximate surface area is 422 Å². The number of esters is 1. The minimum absolute atomic E-state index is 0.0470. The predicted molar refractivity (Wildman–Crippen MR) is 272 cm³/mol. The number of aliphatic hydroxyl groups is 1. The molecule has 2 saturated heterocycles. The first-order valence-corrected chi connectivity index (χ1v) is 24.2. The first-order valence-electron chi connectivity index (χ1n) is 24.2. The lowest BCUT2D eigenvalue weighted by Gasteiger charge is -2.46. The number of methoxy groups -OCH3 is 1. The number of hydrogen-bond donors (Lipinski definition) is 3.